The average Bonchev–Trinajstić information content (AvgIpc) is 3.04. The fourth-order valence-electron chi connectivity index (χ4n) is 5.67. The van der Waals surface area contributed by atoms with Crippen LogP contribution >= 0.6 is 0 Å². The normalized spacial score (nSPS) is 22.9. The Labute approximate surface area is 212 Å². The molecular formula is C28H24N2O7. The van der Waals surface area contributed by atoms with E-state index < -0.39 is 40.2 Å². The van der Waals surface area contributed by atoms with Crippen molar-refractivity contribution in [2.24, 2.45) is 5.41 Å². The third-order valence-corrected chi connectivity index (χ3v) is 7.25. The lowest BCUT2D eigenvalue weighted by molar-refractivity contribution is -0.384. The van der Waals surface area contributed by atoms with E-state index in [4.69, 9.17) is 14.2 Å². The van der Waals surface area contributed by atoms with E-state index in [9.17, 15) is 19.7 Å². The van der Waals surface area contributed by atoms with Crippen molar-refractivity contribution in [2.75, 3.05) is 11.4 Å². The molecule has 3 aliphatic heterocycles. The van der Waals surface area contributed by atoms with Crippen LogP contribution in [0.1, 0.15) is 42.7 Å². The molecule has 0 amide bonds. The Balaban J connectivity index is 1.61. The Morgan fingerprint density at radius 3 is 2.32 bits per heavy atom. The molecule has 0 aliphatic carbocycles. The molecule has 2 atom stereocenters. The van der Waals surface area contributed by atoms with Crippen LogP contribution < -0.4 is 9.64 Å². The van der Waals surface area contributed by atoms with Crippen molar-refractivity contribution in [1.82, 2.24) is 0 Å². The number of carbonyl (C=O) groups is 2. The van der Waals surface area contributed by atoms with E-state index in [0.29, 0.717) is 22.6 Å². The maximum Gasteiger partial charge on any atom is 0.329 e. The third kappa shape index (κ3) is 3.53. The maximum atomic E-state index is 13.8. The van der Waals surface area contributed by atoms with Gasteiger partial charge in [-0.15, -0.1) is 0 Å². The molecular weight excluding hydrogens is 476 g/mol. The Morgan fingerprint density at radius 1 is 0.946 bits per heavy atom. The van der Waals surface area contributed by atoms with Crippen LogP contribution in [0.5, 0.6) is 5.75 Å². The summed E-state index contributed by atoms with van der Waals surface area (Å²) >= 11 is 0. The Kier molecular flexibility index (Phi) is 5.01. The lowest BCUT2D eigenvalue weighted by Crippen LogP contribution is -2.62. The fourth-order valence-corrected chi connectivity index (χ4v) is 5.67. The van der Waals surface area contributed by atoms with Gasteiger partial charge >= 0.3 is 11.9 Å². The molecule has 0 saturated carbocycles. The number of nitro groups is 1. The fraction of sp³-hybridized carbons (Fsp3) is 0.286. The first-order chi connectivity index (χ1) is 17.7. The number of cyclic esters (lactones) is 2. The summed E-state index contributed by atoms with van der Waals surface area (Å²) in [5, 5.41) is 11.6. The first-order valence-corrected chi connectivity index (χ1v) is 12.0. The molecule has 9 heteroatoms. The number of esters is 2. The molecule has 1 saturated heterocycles. The number of hydrogen-bond acceptors (Lipinski definition) is 8. The molecule has 188 valence electrons. The highest BCUT2D eigenvalue weighted by Gasteiger charge is 2.65. The number of hydrogen-bond donors (Lipinski definition) is 0. The van der Waals surface area contributed by atoms with Crippen molar-refractivity contribution >= 4 is 23.3 Å². The van der Waals surface area contributed by atoms with Crippen molar-refractivity contribution in [1.29, 1.82) is 0 Å². The van der Waals surface area contributed by atoms with Crippen LogP contribution in [-0.4, -0.2) is 29.2 Å². The number of nitrogens with zero attached hydrogens (tertiary/aromatic N) is 2. The quantitative estimate of drug-likeness (QED) is 0.216. The van der Waals surface area contributed by atoms with E-state index >= 15 is 0 Å². The van der Waals surface area contributed by atoms with E-state index in [2.05, 4.69) is 0 Å². The van der Waals surface area contributed by atoms with E-state index in [-0.39, 0.29) is 18.7 Å². The lowest BCUT2D eigenvalue weighted by atomic mass is 9.68. The molecule has 3 aromatic rings. The molecule has 1 spiro atoms. The Hall–Kier alpha value is -4.40. The second kappa shape index (κ2) is 8.06. The van der Waals surface area contributed by atoms with Crippen LogP contribution in [0, 0.1) is 15.5 Å². The lowest BCUT2D eigenvalue weighted by Gasteiger charge is -2.51. The van der Waals surface area contributed by atoms with Crippen molar-refractivity contribution in [3.05, 3.63) is 99.6 Å². The van der Waals surface area contributed by atoms with Crippen LogP contribution in [0.3, 0.4) is 0 Å². The van der Waals surface area contributed by atoms with Crippen molar-refractivity contribution in [3.63, 3.8) is 0 Å². The third-order valence-electron chi connectivity index (χ3n) is 7.25. The summed E-state index contributed by atoms with van der Waals surface area (Å²) in [6.07, 6.45) is -0.555. The molecule has 3 heterocycles. The molecule has 9 nitrogen and oxygen atoms in total. The van der Waals surface area contributed by atoms with Crippen LogP contribution in [-0.2, 0) is 25.5 Å². The minimum atomic E-state index is -1.79. The van der Waals surface area contributed by atoms with Gasteiger partial charge in [-0.3, -0.25) is 19.7 Å². The number of carbonyl (C=O) groups excluding carboxylic acids is 2. The molecule has 0 radical (unpaired) electrons. The number of non-ortho nitro benzene ring substituents is 1. The smallest absolute Gasteiger partial charge is 0.329 e. The number of para-hydroxylation sites is 1. The molecule has 37 heavy (non-hydrogen) atoms. The zero-order valence-corrected chi connectivity index (χ0v) is 20.2. The van der Waals surface area contributed by atoms with Crippen LogP contribution in [0.2, 0.25) is 0 Å². The van der Waals surface area contributed by atoms with Crippen molar-refractivity contribution < 1.29 is 28.7 Å². The van der Waals surface area contributed by atoms with Gasteiger partial charge in [0, 0.05) is 43.7 Å². The summed E-state index contributed by atoms with van der Waals surface area (Å²) in [5.41, 5.74) is 0.812. The van der Waals surface area contributed by atoms with Crippen molar-refractivity contribution in [3.8, 4) is 5.75 Å². The van der Waals surface area contributed by atoms with Gasteiger partial charge in [0.2, 0.25) is 0 Å². The number of benzene rings is 3. The SMILES string of the molecule is CC1(C)OC(=O)C2(Cc3cc([N+](=O)[O-])ccc3N3C[C@@H](c4ccccc4)Oc4ccccc4[C@@H]32)C(=O)O1. The minimum absolute atomic E-state index is 0.108. The van der Waals surface area contributed by atoms with Gasteiger partial charge in [-0.2, -0.15) is 0 Å². The highest BCUT2D eigenvalue weighted by atomic mass is 16.7. The topological polar surface area (TPSA) is 108 Å². The van der Waals surface area contributed by atoms with Gasteiger partial charge < -0.3 is 19.1 Å². The van der Waals surface area contributed by atoms with Crippen molar-refractivity contribution in [2.45, 2.75) is 38.2 Å². The Morgan fingerprint density at radius 2 is 1.62 bits per heavy atom. The zero-order valence-electron chi connectivity index (χ0n) is 20.2. The number of nitro benzene ring substituents is 1. The van der Waals surface area contributed by atoms with Gasteiger partial charge in [-0.25, -0.2) is 0 Å². The minimum Gasteiger partial charge on any atom is -0.484 e. The highest BCUT2D eigenvalue weighted by molar-refractivity contribution is 6.04. The van der Waals surface area contributed by atoms with E-state index in [1.54, 1.807) is 6.07 Å². The molecule has 0 N–H and O–H groups in total. The number of ether oxygens (including phenoxy) is 3. The molecule has 3 aromatic carbocycles. The van der Waals surface area contributed by atoms with Gasteiger partial charge in [0.05, 0.1) is 17.5 Å². The highest BCUT2D eigenvalue weighted by Crippen LogP contribution is 2.56. The molecule has 0 aromatic heterocycles. The van der Waals surface area contributed by atoms with Crippen LogP contribution in [0.4, 0.5) is 11.4 Å². The molecule has 3 aliphatic rings. The summed E-state index contributed by atoms with van der Waals surface area (Å²) in [5.74, 6) is -2.35. The van der Waals surface area contributed by atoms with Gasteiger partial charge in [0.25, 0.3) is 11.5 Å². The predicted molar refractivity (Wildman–Crippen MR) is 132 cm³/mol. The van der Waals surface area contributed by atoms with Gasteiger partial charge in [-0.05, 0) is 23.3 Å². The van der Waals surface area contributed by atoms with E-state index in [0.717, 1.165) is 5.56 Å². The van der Waals surface area contributed by atoms with Gasteiger partial charge in [-0.1, -0.05) is 48.5 Å². The largest absolute Gasteiger partial charge is 0.484 e. The number of anilines is 1. The summed E-state index contributed by atoms with van der Waals surface area (Å²) < 4.78 is 17.8. The van der Waals surface area contributed by atoms with Crippen LogP contribution in [0.25, 0.3) is 0 Å². The number of fused-ring (bicyclic) bond motifs is 6. The summed E-state index contributed by atoms with van der Waals surface area (Å²) in [6, 6.07) is 20.7. The molecule has 0 bridgehead atoms. The first-order valence-electron chi connectivity index (χ1n) is 12.0. The molecule has 6 rings (SSSR count). The molecule has 1 fully saturated rings. The first kappa shape index (κ1) is 23.0. The predicted octanol–water partition coefficient (Wildman–Crippen LogP) is 4.65. The second-order valence-corrected chi connectivity index (χ2v) is 10.0. The summed E-state index contributed by atoms with van der Waals surface area (Å²) in [7, 11) is 0. The zero-order chi connectivity index (χ0) is 25.9. The van der Waals surface area contributed by atoms with E-state index in [1.165, 1.54) is 26.0 Å². The average molecular weight is 501 g/mol. The maximum absolute atomic E-state index is 13.8. The van der Waals surface area contributed by atoms with Gasteiger partial charge in [0.1, 0.15) is 11.9 Å². The van der Waals surface area contributed by atoms with E-state index in [1.807, 2.05) is 59.5 Å². The summed E-state index contributed by atoms with van der Waals surface area (Å²) in [4.78, 5) is 40.7. The molecule has 0 unspecified atom stereocenters. The monoisotopic (exact) mass is 500 g/mol. The summed E-state index contributed by atoms with van der Waals surface area (Å²) in [6.45, 7) is 3.29. The van der Waals surface area contributed by atoms with Gasteiger partial charge in [0.15, 0.2) is 5.41 Å². The Bertz CT molecular complexity index is 1420. The standard InChI is InChI=1S/C28H24N2O7/c1-27(2)36-25(31)28(26(32)37-27)15-18-14-19(30(33)34)12-13-21(18)29-16-23(17-8-4-3-5-9-17)35-22-11-7-6-10-20(22)24(28)29/h3-14,23-24H,15-16H2,1-2H3/t23-,24+/m0/s1. The number of rotatable bonds is 2. The van der Waals surface area contributed by atoms with Crippen LogP contribution in [0.15, 0.2) is 72.8 Å². The second-order valence-electron chi connectivity index (χ2n) is 10.0.